The second-order valence-corrected chi connectivity index (χ2v) is 6.48. The smallest absolute Gasteiger partial charge is 0.335 e. The third kappa shape index (κ3) is 2.40. The molecule has 0 saturated carbocycles. The number of rotatable bonds is 3. The summed E-state index contributed by atoms with van der Waals surface area (Å²) in [6.07, 6.45) is 0. The standard InChI is InChI=1S/C22H19NO2/c1-14-12-18(22(24)25)15(2)20-17-10-6-7-11-19(17)23(21(14)20)13-16-8-4-3-5-9-16/h3-12H,13H2,1-2H3,(H,24,25). The van der Waals surface area contributed by atoms with Gasteiger partial charge in [-0.25, -0.2) is 4.79 Å². The van der Waals surface area contributed by atoms with Gasteiger partial charge < -0.3 is 9.67 Å². The number of aromatic carboxylic acids is 1. The largest absolute Gasteiger partial charge is 0.478 e. The molecule has 0 aliphatic rings. The first-order valence-corrected chi connectivity index (χ1v) is 8.36. The highest BCUT2D eigenvalue weighted by Gasteiger charge is 2.19. The summed E-state index contributed by atoms with van der Waals surface area (Å²) in [5.74, 6) is -0.873. The zero-order chi connectivity index (χ0) is 17.6. The Morgan fingerprint density at radius 1 is 1.00 bits per heavy atom. The molecule has 25 heavy (non-hydrogen) atoms. The molecule has 1 aromatic heterocycles. The summed E-state index contributed by atoms with van der Waals surface area (Å²) in [6, 6.07) is 20.4. The van der Waals surface area contributed by atoms with Crippen molar-refractivity contribution in [1.82, 2.24) is 4.57 Å². The Morgan fingerprint density at radius 2 is 1.68 bits per heavy atom. The van der Waals surface area contributed by atoms with E-state index in [1.54, 1.807) is 6.07 Å². The van der Waals surface area contributed by atoms with Crippen LogP contribution in [-0.2, 0) is 6.54 Å². The molecular weight excluding hydrogens is 310 g/mol. The van der Waals surface area contributed by atoms with Crippen LogP contribution in [-0.4, -0.2) is 15.6 Å². The molecule has 0 saturated heterocycles. The number of aryl methyl sites for hydroxylation is 2. The molecule has 0 amide bonds. The van der Waals surface area contributed by atoms with Gasteiger partial charge in [0.15, 0.2) is 0 Å². The highest BCUT2D eigenvalue weighted by molar-refractivity contribution is 6.13. The highest BCUT2D eigenvalue weighted by atomic mass is 16.4. The number of carboxylic acid groups (broad SMARTS) is 1. The molecular formula is C22H19NO2. The van der Waals surface area contributed by atoms with Crippen molar-refractivity contribution in [3.63, 3.8) is 0 Å². The predicted octanol–water partition coefficient (Wildman–Crippen LogP) is 5.16. The van der Waals surface area contributed by atoms with Crippen molar-refractivity contribution in [2.45, 2.75) is 20.4 Å². The maximum atomic E-state index is 11.6. The van der Waals surface area contributed by atoms with E-state index in [2.05, 4.69) is 28.8 Å². The number of nitrogens with zero attached hydrogens (tertiary/aromatic N) is 1. The van der Waals surface area contributed by atoms with Crippen LogP contribution in [0.1, 0.15) is 27.0 Å². The van der Waals surface area contributed by atoms with E-state index >= 15 is 0 Å². The third-order valence-electron chi connectivity index (χ3n) is 4.90. The summed E-state index contributed by atoms with van der Waals surface area (Å²) in [5.41, 5.74) is 5.68. The number of carboxylic acids is 1. The molecule has 124 valence electrons. The molecule has 1 N–H and O–H groups in total. The first-order chi connectivity index (χ1) is 12.1. The SMILES string of the molecule is Cc1c(C(=O)O)cc(C)c2c1c1ccccc1n2Cc1ccccc1. The number of hydrogen-bond acceptors (Lipinski definition) is 1. The summed E-state index contributed by atoms with van der Waals surface area (Å²) >= 11 is 0. The van der Waals surface area contributed by atoms with E-state index < -0.39 is 5.97 Å². The fraction of sp³-hybridized carbons (Fsp3) is 0.136. The van der Waals surface area contributed by atoms with E-state index in [0.29, 0.717) is 5.56 Å². The highest BCUT2D eigenvalue weighted by Crippen LogP contribution is 2.35. The zero-order valence-corrected chi connectivity index (χ0v) is 14.3. The first kappa shape index (κ1) is 15.5. The van der Waals surface area contributed by atoms with E-state index in [1.807, 2.05) is 44.2 Å². The van der Waals surface area contributed by atoms with E-state index in [-0.39, 0.29) is 0 Å². The average molecular weight is 329 g/mol. The Kier molecular flexibility index (Phi) is 3.57. The summed E-state index contributed by atoms with van der Waals surface area (Å²) in [6.45, 7) is 4.66. The van der Waals surface area contributed by atoms with Gasteiger partial charge in [0.2, 0.25) is 0 Å². The minimum absolute atomic E-state index is 0.382. The lowest BCUT2D eigenvalue weighted by molar-refractivity contribution is 0.0696. The molecule has 3 nitrogen and oxygen atoms in total. The molecule has 0 aliphatic heterocycles. The van der Waals surface area contributed by atoms with Gasteiger partial charge in [0.05, 0.1) is 11.1 Å². The predicted molar refractivity (Wildman–Crippen MR) is 101 cm³/mol. The van der Waals surface area contributed by atoms with Crippen LogP contribution in [0.2, 0.25) is 0 Å². The Hall–Kier alpha value is -3.07. The molecule has 0 radical (unpaired) electrons. The van der Waals surface area contributed by atoms with Crippen LogP contribution in [0.3, 0.4) is 0 Å². The van der Waals surface area contributed by atoms with Crippen LogP contribution in [0, 0.1) is 13.8 Å². The van der Waals surface area contributed by atoms with Gasteiger partial charge in [0.1, 0.15) is 0 Å². The van der Waals surface area contributed by atoms with Crippen molar-refractivity contribution in [3.05, 3.63) is 82.9 Å². The van der Waals surface area contributed by atoms with Gasteiger partial charge in [0, 0.05) is 22.8 Å². The molecule has 0 spiro atoms. The van der Waals surface area contributed by atoms with Crippen molar-refractivity contribution >= 4 is 27.8 Å². The Bertz CT molecular complexity index is 1110. The van der Waals surface area contributed by atoms with E-state index in [9.17, 15) is 9.90 Å². The minimum atomic E-state index is -0.873. The second kappa shape index (κ2) is 5.78. The molecule has 0 aliphatic carbocycles. The number of carbonyl (C=O) groups is 1. The number of benzene rings is 3. The van der Waals surface area contributed by atoms with Crippen molar-refractivity contribution < 1.29 is 9.90 Å². The topological polar surface area (TPSA) is 42.2 Å². The number of para-hydroxylation sites is 1. The van der Waals surface area contributed by atoms with E-state index in [0.717, 1.165) is 39.5 Å². The van der Waals surface area contributed by atoms with E-state index in [1.165, 1.54) is 5.56 Å². The Labute approximate surface area is 146 Å². The molecule has 0 fully saturated rings. The van der Waals surface area contributed by atoms with Crippen molar-refractivity contribution in [2.24, 2.45) is 0 Å². The second-order valence-electron chi connectivity index (χ2n) is 6.48. The quantitative estimate of drug-likeness (QED) is 0.564. The molecule has 1 heterocycles. The van der Waals surface area contributed by atoms with Gasteiger partial charge in [-0.1, -0.05) is 48.5 Å². The Balaban J connectivity index is 2.11. The van der Waals surface area contributed by atoms with Gasteiger partial charge in [0.25, 0.3) is 0 Å². The van der Waals surface area contributed by atoms with Crippen LogP contribution in [0.25, 0.3) is 21.8 Å². The fourth-order valence-electron chi connectivity index (χ4n) is 3.77. The lowest BCUT2D eigenvalue weighted by Gasteiger charge is -2.11. The van der Waals surface area contributed by atoms with Crippen LogP contribution in [0.5, 0.6) is 0 Å². The molecule has 4 rings (SSSR count). The van der Waals surface area contributed by atoms with Crippen LogP contribution >= 0.6 is 0 Å². The third-order valence-corrected chi connectivity index (χ3v) is 4.90. The molecule has 0 unspecified atom stereocenters. The number of hydrogen-bond donors (Lipinski definition) is 1. The molecule has 3 aromatic carbocycles. The summed E-state index contributed by atoms with van der Waals surface area (Å²) < 4.78 is 2.30. The zero-order valence-electron chi connectivity index (χ0n) is 14.3. The van der Waals surface area contributed by atoms with E-state index in [4.69, 9.17) is 0 Å². The van der Waals surface area contributed by atoms with Gasteiger partial charge >= 0.3 is 5.97 Å². The monoisotopic (exact) mass is 329 g/mol. The minimum Gasteiger partial charge on any atom is -0.478 e. The molecule has 4 aromatic rings. The lowest BCUT2D eigenvalue weighted by Crippen LogP contribution is -2.04. The van der Waals surface area contributed by atoms with Gasteiger partial charge in [-0.15, -0.1) is 0 Å². The number of aromatic nitrogens is 1. The first-order valence-electron chi connectivity index (χ1n) is 8.36. The van der Waals surface area contributed by atoms with Crippen molar-refractivity contribution in [2.75, 3.05) is 0 Å². The number of fused-ring (bicyclic) bond motifs is 3. The fourth-order valence-corrected chi connectivity index (χ4v) is 3.77. The van der Waals surface area contributed by atoms with Gasteiger partial charge in [-0.2, -0.15) is 0 Å². The van der Waals surface area contributed by atoms with Crippen molar-refractivity contribution in [3.8, 4) is 0 Å². The summed E-state index contributed by atoms with van der Waals surface area (Å²) in [4.78, 5) is 11.6. The Morgan fingerprint density at radius 3 is 2.40 bits per heavy atom. The summed E-state index contributed by atoms with van der Waals surface area (Å²) in [5, 5.41) is 11.7. The maximum absolute atomic E-state index is 11.6. The van der Waals surface area contributed by atoms with Crippen molar-refractivity contribution in [1.29, 1.82) is 0 Å². The van der Waals surface area contributed by atoms with Gasteiger partial charge in [-0.3, -0.25) is 0 Å². The average Bonchev–Trinajstić information content (AvgIpc) is 2.94. The maximum Gasteiger partial charge on any atom is 0.335 e. The molecule has 0 bridgehead atoms. The van der Waals surface area contributed by atoms with Crippen LogP contribution < -0.4 is 0 Å². The molecule has 3 heteroatoms. The normalized spacial score (nSPS) is 11.3. The lowest BCUT2D eigenvalue weighted by atomic mass is 9.98. The molecule has 0 atom stereocenters. The summed E-state index contributed by atoms with van der Waals surface area (Å²) in [7, 11) is 0. The van der Waals surface area contributed by atoms with Crippen LogP contribution in [0.15, 0.2) is 60.7 Å². The van der Waals surface area contributed by atoms with Gasteiger partial charge in [-0.05, 0) is 42.7 Å². The van der Waals surface area contributed by atoms with Crippen LogP contribution in [0.4, 0.5) is 0 Å².